The van der Waals surface area contributed by atoms with Crippen molar-refractivity contribution in [2.24, 2.45) is 5.10 Å². The number of hydrogen-bond acceptors (Lipinski definition) is 3. The lowest BCUT2D eigenvalue weighted by Gasteiger charge is -2.06. The molecule has 0 aromatic heterocycles. The molecule has 0 saturated carbocycles. The number of anilines is 2. The molecule has 0 aliphatic heterocycles. The van der Waals surface area contributed by atoms with Crippen LogP contribution in [0.3, 0.4) is 0 Å². The number of nitrogens with zero attached hydrogens (tertiary/aromatic N) is 1. The first-order valence-electron chi connectivity index (χ1n) is 7.62. The molecule has 118 valence electrons. The molecule has 0 bridgehead atoms. The molecule has 0 radical (unpaired) electrons. The highest BCUT2D eigenvalue weighted by molar-refractivity contribution is 5.94. The molecule has 0 saturated heterocycles. The molecule has 0 aliphatic carbocycles. The van der Waals surface area contributed by atoms with Gasteiger partial charge in [0.1, 0.15) is 0 Å². The second kappa shape index (κ2) is 7.74. The summed E-state index contributed by atoms with van der Waals surface area (Å²) in [4.78, 5) is 11.9. The predicted octanol–water partition coefficient (Wildman–Crippen LogP) is 4.19. The highest BCUT2D eigenvalue weighted by Crippen LogP contribution is 2.15. The van der Waals surface area contributed by atoms with Gasteiger partial charge in [0.25, 0.3) is 5.91 Å². The number of hydrazone groups is 1. The Bertz CT molecular complexity index is 813. The number of nitrogens with one attached hydrogen (secondary N) is 2. The number of benzene rings is 3. The standard InChI is InChI=1S/C20H17N3O/c24-20(17-7-3-1-4-8-17)23-21-15-16-11-13-19(14-12-16)22-18-9-5-2-6-10-18/h1-15,22H,(H,23,24)/b21-15-. The highest BCUT2D eigenvalue weighted by Gasteiger charge is 2.01. The van der Waals surface area contributed by atoms with E-state index in [0.717, 1.165) is 16.9 Å². The quantitative estimate of drug-likeness (QED) is 0.548. The van der Waals surface area contributed by atoms with Crippen LogP contribution in [0.1, 0.15) is 15.9 Å². The van der Waals surface area contributed by atoms with Gasteiger partial charge in [0.05, 0.1) is 6.21 Å². The van der Waals surface area contributed by atoms with Gasteiger partial charge in [-0.2, -0.15) is 5.10 Å². The molecule has 24 heavy (non-hydrogen) atoms. The zero-order valence-electron chi connectivity index (χ0n) is 13.0. The fourth-order valence-corrected chi connectivity index (χ4v) is 2.16. The van der Waals surface area contributed by atoms with E-state index in [4.69, 9.17) is 0 Å². The van der Waals surface area contributed by atoms with E-state index in [1.165, 1.54) is 0 Å². The Balaban J connectivity index is 1.57. The third-order valence-corrected chi connectivity index (χ3v) is 3.39. The maximum Gasteiger partial charge on any atom is 0.271 e. The van der Waals surface area contributed by atoms with Gasteiger partial charge in [-0.3, -0.25) is 4.79 Å². The summed E-state index contributed by atoms with van der Waals surface area (Å²) in [5.74, 6) is -0.228. The number of rotatable bonds is 5. The van der Waals surface area contributed by atoms with Crippen LogP contribution >= 0.6 is 0 Å². The Morgan fingerprint density at radius 1 is 0.750 bits per heavy atom. The van der Waals surface area contributed by atoms with Crippen LogP contribution in [0.2, 0.25) is 0 Å². The minimum absolute atomic E-state index is 0.228. The molecular weight excluding hydrogens is 298 g/mol. The zero-order valence-corrected chi connectivity index (χ0v) is 13.0. The Hall–Kier alpha value is -3.40. The molecule has 0 fully saturated rings. The molecule has 3 rings (SSSR count). The summed E-state index contributed by atoms with van der Waals surface area (Å²) >= 11 is 0. The summed E-state index contributed by atoms with van der Waals surface area (Å²) in [5, 5.41) is 7.30. The van der Waals surface area contributed by atoms with Crippen molar-refractivity contribution >= 4 is 23.5 Å². The summed E-state index contributed by atoms with van der Waals surface area (Å²) < 4.78 is 0. The normalized spacial score (nSPS) is 10.5. The lowest BCUT2D eigenvalue weighted by molar-refractivity contribution is 0.0955. The van der Waals surface area contributed by atoms with Crippen molar-refractivity contribution in [3.05, 3.63) is 96.1 Å². The van der Waals surface area contributed by atoms with Crippen molar-refractivity contribution in [2.75, 3.05) is 5.32 Å². The van der Waals surface area contributed by atoms with E-state index < -0.39 is 0 Å². The number of para-hydroxylation sites is 1. The number of carbonyl (C=O) groups excluding carboxylic acids is 1. The molecular formula is C20H17N3O. The molecule has 4 heteroatoms. The topological polar surface area (TPSA) is 53.5 Å². The van der Waals surface area contributed by atoms with Crippen molar-refractivity contribution in [3.63, 3.8) is 0 Å². The fraction of sp³-hybridized carbons (Fsp3) is 0. The third-order valence-electron chi connectivity index (χ3n) is 3.39. The van der Waals surface area contributed by atoms with Crippen molar-refractivity contribution in [1.29, 1.82) is 0 Å². The summed E-state index contributed by atoms with van der Waals surface area (Å²) in [6.45, 7) is 0. The fourth-order valence-electron chi connectivity index (χ4n) is 2.16. The van der Waals surface area contributed by atoms with Gasteiger partial charge in [-0.25, -0.2) is 5.43 Å². The average molecular weight is 315 g/mol. The molecule has 3 aromatic carbocycles. The first-order valence-corrected chi connectivity index (χ1v) is 7.62. The van der Waals surface area contributed by atoms with Gasteiger partial charge in [-0.05, 0) is 42.0 Å². The van der Waals surface area contributed by atoms with Crippen LogP contribution in [-0.4, -0.2) is 12.1 Å². The minimum Gasteiger partial charge on any atom is -0.356 e. The smallest absolute Gasteiger partial charge is 0.271 e. The van der Waals surface area contributed by atoms with E-state index in [1.54, 1.807) is 18.3 Å². The largest absolute Gasteiger partial charge is 0.356 e. The second-order valence-electron chi connectivity index (χ2n) is 5.18. The van der Waals surface area contributed by atoms with Gasteiger partial charge >= 0.3 is 0 Å². The maximum absolute atomic E-state index is 11.9. The Morgan fingerprint density at radius 3 is 2.00 bits per heavy atom. The molecule has 1 amide bonds. The Kier molecular flexibility index (Phi) is 5.00. The van der Waals surface area contributed by atoms with Gasteiger partial charge in [0, 0.05) is 16.9 Å². The van der Waals surface area contributed by atoms with Crippen molar-refractivity contribution in [2.45, 2.75) is 0 Å². The van der Waals surface area contributed by atoms with Crippen LogP contribution < -0.4 is 10.7 Å². The molecule has 4 nitrogen and oxygen atoms in total. The third kappa shape index (κ3) is 4.30. The van der Waals surface area contributed by atoms with Gasteiger partial charge in [-0.15, -0.1) is 0 Å². The van der Waals surface area contributed by atoms with E-state index in [1.807, 2.05) is 72.8 Å². The van der Waals surface area contributed by atoms with Crippen LogP contribution in [0.4, 0.5) is 11.4 Å². The summed E-state index contributed by atoms with van der Waals surface area (Å²) in [6, 6.07) is 26.8. The van der Waals surface area contributed by atoms with Crippen LogP contribution in [0.5, 0.6) is 0 Å². The maximum atomic E-state index is 11.9. The molecule has 0 atom stereocenters. The van der Waals surface area contributed by atoms with E-state index >= 15 is 0 Å². The van der Waals surface area contributed by atoms with Crippen molar-refractivity contribution in [1.82, 2.24) is 5.43 Å². The molecule has 3 aromatic rings. The highest BCUT2D eigenvalue weighted by atomic mass is 16.2. The molecule has 2 N–H and O–H groups in total. The number of carbonyl (C=O) groups is 1. The van der Waals surface area contributed by atoms with Crippen LogP contribution in [-0.2, 0) is 0 Å². The summed E-state index contributed by atoms with van der Waals surface area (Å²) in [7, 11) is 0. The zero-order chi connectivity index (χ0) is 16.6. The van der Waals surface area contributed by atoms with Crippen LogP contribution in [0, 0.1) is 0 Å². The minimum atomic E-state index is -0.228. The van der Waals surface area contributed by atoms with Crippen LogP contribution in [0.15, 0.2) is 90.0 Å². The van der Waals surface area contributed by atoms with Crippen LogP contribution in [0.25, 0.3) is 0 Å². The van der Waals surface area contributed by atoms with Gasteiger partial charge < -0.3 is 5.32 Å². The lowest BCUT2D eigenvalue weighted by Crippen LogP contribution is -2.17. The van der Waals surface area contributed by atoms with Crippen molar-refractivity contribution in [3.8, 4) is 0 Å². The van der Waals surface area contributed by atoms with E-state index in [0.29, 0.717) is 5.56 Å². The molecule has 0 unspecified atom stereocenters. The van der Waals surface area contributed by atoms with E-state index in [-0.39, 0.29) is 5.91 Å². The summed E-state index contributed by atoms with van der Waals surface area (Å²) in [5.41, 5.74) is 6.03. The Morgan fingerprint density at radius 2 is 1.33 bits per heavy atom. The summed E-state index contributed by atoms with van der Waals surface area (Å²) in [6.07, 6.45) is 1.62. The number of hydrogen-bond donors (Lipinski definition) is 2. The van der Waals surface area contributed by atoms with Gasteiger partial charge in [0.15, 0.2) is 0 Å². The molecule has 0 aliphatic rings. The second-order valence-corrected chi connectivity index (χ2v) is 5.18. The molecule has 0 spiro atoms. The monoisotopic (exact) mass is 315 g/mol. The Labute approximate surface area is 140 Å². The average Bonchev–Trinajstić information content (AvgIpc) is 2.65. The lowest BCUT2D eigenvalue weighted by atomic mass is 10.2. The SMILES string of the molecule is O=C(N/N=C\c1ccc(Nc2ccccc2)cc1)c1ccccc1. The van der Waals surface area contributed by atoms with E-state index in [2.05, 4.69) is 15.8 Å². The van der Waals surface area contributed by atoms with E-state index in [9.17, 15) is 4.79 Å². The van der Waals surface area contributed by atoms with Crippen molar-refractivity contribution < 1.29 is 4.79 Å². The van der Waals surface area contributed by atoms with Gasteiger partial charge in [0.2, 0.25) is 0 Å². The first-order chi connectivity index (χ1) is 11.8. The molecule has 0 heterocycles. The van der Waals surface area contributed by atoms with Gasteiger partial charge in [-0.1, -0.05) is 48.5 Å². The first kappa shape index (κ1) is 15.5. The predicted molar refractivity (Wildman–Crippen MR) is 97.7 cm³/mol. The number of amides is 1.